The highest BCUT2D eigenvalue weighted by Crippen LogP contribution is 2.34. The second-order valence-electron chi connectivity index (χ2n) is 3.85. The number of anilines is 1. The van der Waals surface area contributed by atoms with Crippen molar-refractivity contribution >= 4 is 22.6 Å². The Labute approximate surface area is 93.4 Å². The third kappa shape index (κ3) is 1.49. The number of rotatable bonds is 1. The van der Waals surface area contributed by atoms with Crippen LogP contribution in [0.2, 0.25) is 0 Å². The van der Waals surface area contributed by atoms with Crippen molar-refractivity contribution in [2.45, 2.75) is 6.04 Å². The van der Waals surface area contributed by atoms with Gasteiger partial charge in [0.25, 0.3) is 0 Å². The van der Waals surface area contributed by atoms with E-state index in [4.69, 9.17) is 10.7 Å². The molecule has 1 fully saturated rings. The van der Waals surface area contributed by atoms with E-state index in [1.807, 2.05) is 30.0 Å². The van der Waals surface area contributed by atoms with Crippen molar-refractivity contribution in [1.82, 2.24) is 4.90 Å². The molecule has 1 unspecified atom stereocenters. The Hall–Kier alpha value is -1.16. The molecule has 1 aromatic rings. The van der Waals surface area contributed by atoms with E-state index in [1.165, 1.54) is 16.5 Å². The number of amidine groups is 1. The number of thioether (sulfide) groups is 1. The Morgan fingerprint density at radius 1 is 1.40 bits per heavy atom. The summed E-state index contributed by atoms with van der Waals surface area (Å²) >= 11 is 1.85. The minimum atomic E-state index is 0.244. The summed E-state index contributed by atoms with van der Waals surface area (Å²) in [5.41, 5.74) is 7.98. The minimum absolute atomic E-state index is 0.244. The molecular formula is C11H13N3S. The number of nitrogens with two attached hydrogens (primary N) is 1. The molecule has 2 aliphatic rings. The molecule has 0 saturated carbocycles. The van der Waals surface area contributed by atoms with Crippen LogP contribution in [-0.4, -0.2) is 28.9 Å². The number of benzene rings is 1. The van der Waals surface area contributed by atoms with Crippen LogP contribution in [0.15, 0.2) is 29.3 Å². The number of fused-ring (bicyclic) bond motifs is 1. The van der Waals surface area contributed by atoms with Crippen molar-refractivity contribution < 1.29 is 0 Å². The summed E-state index contributed by atoms with van der Waals surface area (Å²) in [6.45, 7) is 2.13. The highest BCUT2D eigenvalue weighted by Gasteiger charge is 2.30. The van der Waals surface area contributed by atoms with Crippen LogP contribution in [0.25, 0.3) is 0 Å². The quantitative estimate of drug-likeness (QED) is 0.731. The molecule has 2 heterocycles. The number of aliphatic imine (C=N–C) groups is 1. The molecule has 3 rings (SSSR count). The molecule has 1 aromatic carbocycles. The Kier molecular flexibility index (Phi) is 2.09. The van der Waals surface area contributed by atoms with Gasteiger partial charge in [0.05, 0.1) is 6.04 Å². The Bertz CT molecular complexity index is 416. The highest BCUT2D eigenvalue weighted by atomic mass is 32.2. The zero-order valence-corrected chi connectivity index (χ0v) is 9.20. The molecule has 4 heteroatoms. The summed E-state index contributed by atoms with van der Waals surface area (Å²) in [5.74, 6) is 1.18. The molecule has 0 aromatic heterocycles. The van der Waals surface area contributed by atoms with Gasteiger partial charge >= 0.3 is 0 Å². The fourth-order valence-corrected chi connectivity index (χ4v) is 3.13. The zero-order chi connectivity index (χ0) is 10.3. The molecule has 2 aliphatic heterocycles. The van der Waals surface area contributed by atoms with Crippen LogP contribution in [0.1, 0.15) is 11.6 Å². The molecule has 1 saturated heterocycles. The van der Waals surface area contributed by atoms with E-state index < -0.39 is 0 Å². The lowest BCUT2D eigenvalue weighted by atomic mass is 10.1. The molecule has 15 heavy (non-hydrogen) atoms. The van der Waals surface area contributed by atoms with Gasteiger partial charge in [0, 0.05) is 30.1 Å². The van der Waals surface area contributed by atoms with Gasteiger partial charge in [-0.1, -0.05) is 30.0 Å². The van der Waals surface area contributed by atoms with Crippen LogP contribution >= 0.6 is 11.8 Å². The van der Waals surface area contributed by atoms with E-state index in [2.05, 4.69) is 11.0 Å². The Morgan fingerprint density at radius 3 is 3.07 bits per heavy atom. The summed E-state index contributed by atoms with van der Waals surface area (Å²) in [6.07, 6.45) is 0. The molecule has 3 nitrogen and oxygen atoms in total. The van der Waals surface area contributed by atoms with Gasteiger partial charge in [-0.15, -0.1) is 0 Å². The molecule has 78 valence electrons. The summed E-state index contributed by atoms with van der Waals surface area (Å²) in [7, 11) is 0. The average molecular weight is 219 g/mol. The zero-order valence-electron chi connectivity index (χ0n) is 8.39. The lowest BCUT2D eigenvalue weighted by Crippen LogP contribution is -2.22. The second kappa shape index (κ2) is 3.45. The standard InChI is InChI=1S/C11H13N3S/c12-9-4-2-1-3-8(9)10-7-14-5-6-15-11(14)13-10/h1-4,10H,5-7,12H2. The Morgan fingerprint density at radius 2 is 2.27 bits per heavy atom. The van der Waals surface area contributed by atoms with Crippen molar-refractivity contribution in [1.29, 1.82) is 0 Å². The molecule has 2 N–H and O–H groups in total. The third-order valence-corrected chi connectivity index (χ3v) is 3.89. The highest BCUT2D eigenvalue weighted by molar-refractivity contribution is 8.14. The Balaban J connectivity index is 1.91. The van der Waals surface area contributed by atoms with Crippen LogP contribution in [-0.2, 0) is 0 Å². The van der Waals surface area contributed by atoms with Crippen LogP contribution in [0.5, 0.6) is 0 Å². The van der Waals surface area contributed by atoms with Gasteiger partial charge in [-0.3, -0.25) is 4.99 Å². The molecule has 0 radical (unpaired) electrons. The maximum Gasteiger partial charge on any atom is 0.160 e. The molecule has 0 bridgehead atoms. The van der Waals surface area contributed by atoms with E-state index in [-0.39, 0.29) is 6.04 Å². The number of para-hydroxylation sites is 1. The van der Waals surface area contributed by atoms with Crippen molar-refractivity contribution in [3.05, 3.63) is 29.8 Å². The number of hydrogen-bond donors (Lipinski definition) is 1. The van der Waals surface area contributed by atoms with Crippen molar-refractivity contribution in [2.24, 2.45) is 4.99 Å². The van der Waals surface area contributed by atoms with Gasteiger partial charge in [0.1, 0.15) is 0 Å². The predicted octanol–water partition coefficient (Wildman–Crippen LogP) is 1.73. The fraction of sp³-hybridized carbons (Fsp3) is 0.364. The number of hydrogen-bond acceptors (Lipinski definition) is 4. The lowest BCUT2D eigenvalue weighted by Gasteiger charge is -2.14. The fourth-order valence-electron chi connectivity index (χ4n) is 2.09. The maximum atomic E-state index is 5.96. The van der Waals surface area contributed by atoms with E-state index in [9.17, 15) is 0 Å². The van der Waals surface area contributed by atoms with Gasteiger partial charge in [0.2, 0.25) is 0 Å². The summed E-state index contributed by atoms with van der Waals surface area (Å²) in [6, 6.07) is 8.27. The summed E-state index contributed by atoms with van der Waals surface area (Å²) in [5, 5.41) is 1.20. The first kappa shape index (κ1) is 9.09. The normalized spacial score (nSPS) is 24.1. The lowest BCUT2D eigenvalue weighted by molar-refractivity contribution is 0.464. The number of nitrogen functional groups attached to an aromatic ring is 1. The monoisotopic (exact) mass is 219 g/mol. The van der Waals surface area contributed by atoms with E-state index in [1.54, 1.807) is 0 Å². The maximum absolute atomic E-state index is 5.96. The van der Waals surface area contributed by atoms with Crippen molar-refractivity contribution in [3.8, 4) is 0 Å². The molecular weight excluding hydrogens is 206 g/mol. The SMILES string of the molecule is Nc1ccccc1C1CN2CCSC2=N1. The topological polar surface area (TPSA) is 41.6 Å². The van der Waals surface area contributed by atoms with E-state index >= 15 is 0 Å². The van der Waals surface area contributed by atoms with Gasteiger partial charge in [-0.25, -0.2) is 0 Å². The molecule has 1 atom stereocenters. The first-order valence-corrected chi connectivity index (χ1v) is 6.13. The van der Waals surface area contributed by atoms with Crippen molar-refractivity contribution in [3.63, 3.8) is 0 Å². The second-order valence-corrected chi connectivity index (χ2v) is 4.91. The smallest absolute Gasteiger partial charge is 0.160 e. The predicted molar refractivity (Wildman–Crippen MR) is 65.1 cm³/mol. The van der Waals surface area contributed by atoms with Gasteiger partial charge in [0.15, 0.2) is 5.17 Å². The summed E-state index contributed by atoms with van der Waals surface area (Å²) < 4.78 is 0. The minimum Gasteiger partial charge on any atom is -0.398 e. The summed E-state index contributed by atoms with van der Waals surface area (Å²) in [4.78, 5) is 7.06. The first-order chi connectivity index (χ1) is 7.34. The van der Waals surface area contributed by atoms with Gasteiger partial charge < -0.3 is 10.6 Å². The van der Waals surface area contributed by atoms with Crippen LogP contribution in [0, 0.1) is 0 Å². The molecule has 0 aliphatic carbocycles. The van der Waals surface area contributed by atoms with E-state index in [0.717, 1.165) is 18.8 Å². The number of nitrogens with zero attached hydrogens (tertiary/aromatic N) is 2. The van der Waals surface area contributed by atoms with Crippen molar-refractivity contribution in [2.75, 3.05) is 24.6 Å². The van der Waals surface area contributed by atoms with E-state index in [0.29, 0.717) is 0 Å². The molecule has 0 amide bonds. The molecule has 0 spiro atoms. The first-order valence-electron chi connectivity index (χ1n) is 5.14. The van der Waals surface area contributed by atoms with Crippen LogP contribution in [0.4, 0.5) is 5.69 Å². The van der Waals surface area contributed by atoms with Crippen LogP contribution < -0.4 is 5.73 Å². The third-order valence-electron chi connectivity index (χ3n) is 2.88. The van der Waals surface area contributed by atoms with Gasteiger partial charge in [-0.05, 0) is 6.07 Å². The van der Waals surface area contributed by atoms with Crippen LogP contribution in [0.3, 0.4) is 0 Å². The van der Waals surface area contributed by atoms with Gasteiger partial charge in [-0.2, -0.15) is 0 Å². The largest absolute Gasteiger partial charge is 0.398 e. The average Bonchev–Trinajstić information content (AvgIpc) is 2.77.